The summed E-state index contributed by atoms with van der Waals surface area (Å²) in [5.74, 6) is -1.03. The third kappa shape index (κ3) is 6.01. The molecule has 0 bridgehead atoms. The minimum atomic E-state index is -4.52. The first kappa shape index (κ1) is 23.9. The number of aromatic nitrogens is 2. The van der Waals surface area contributed by atoms with E-state index in [1.54, 1.807) is 31.5 Å². The van der Waals surface area contributed by atoms with Crippen molar-refractivity contribution in [3.63, 3.8) is 0 Å². The molecule has 0 atom stereocenters. The minimum absolute atomic E-state index is 0.00860. The molecular formula is C24H18F3N5O2S. The lowest BCUT2D eigenvalue weighted by atomic mass is 10.1. The first-order valence-electron chi connectivity index (χ1n) is 10.2. The SMILES string of the molecule is Cc1ccc(C(=O)Nc2cccc(C(F)(F)F)c2)cc1NC(=O)c1cnc(Nc2cccnc2)s1. The number of benzene rings is 2. The molecular weight excluding hydrogens is 479 g/mol. The van der Waals surface area contributed by atoms with Crippen molar-refractivity contribution in [3.8, 4) is 0 Å². The topological polar surface area (TPSA) is 96.0 Å². The fourth-order valence-electron chi connectivity index (χ4n) is 3.06. The van der Waals surface area contributed by atoms with Crippen LogP contribution in [-0.2, 0) is 6.18 Å². The van der Waals surface area contributed by atoms with Gasteiger partial charge in [0.25, 0.3) is 11.8 Å². The summed E-state index contributed by atoms with van der Waals surface area (Å²) in [4.78, 5) is 33.9. The Morgan fingerprint density at radius 2 is 1.71 bits per heavy atom. The van der Waals surface area contributed by atoms with Crippen LogP contribution in [0.5, 0.6) is 0 Å². The molecule has 178 valence electrons. The van der Waals surface area contributed by atoms with E-state index in [0.717, 1.165) is 29.2 Å². The van der Waals surface area contributed by atoms with E-state index >= 15 is 0 Å². The molecule has 0 aliphatic carbocycles. The molecule has 4 aromatic rings. The van der Waals surface area contributed by atoms with E-state index in [9.17, 15) is 22.8 Å². The number of nitrogens with zero attached hydrogens (tertiary/aromatic N) is 2. The lowest BCUT2D eigenvalue weighted by Crippen LogP contribution is -2.15. The Labute approximate surface area is 202 Å². The third-order valence-corrected chi connectivity index (χ3v) is 5.75. The van der Waals surface area contributed by atoms with E-state index < -0.39 is 23.6 Å². The number of alkyl halides is 3. The first-order valence-corrected chi connectivity index (χ1v) is 11.0. The van der Waals surface area contributed by atoms with Crippen molar-refractivity contribution in [2.45, 2.75) is 13.1 Å². The van der Waals surface area contributed by atoms with E-state index in [4.69, 9.17) is 0 Å². The zero-order valence-corrected chi connectivity index (χ0v) is 19.0. The maximum absolute atomic E-state index is 12.9. The van der Waals surface area contributed by atoms with Crippen LogP contribution in [0.1, 0.15) is 31.2 Å². The molecule has 2 heterocycles. The van der Waals surface area contributed by atoms with Crippen LogP contribution in [-0.4, -0.2) is 21.8 Å². The van der Waals surface area contributed by atoms with Gasteiger partial charge in [-0.3, -0.25) is 14.6 Å². The van der Waals surface area contributed by atoms with Crippen LogP contribution in [0.15, 0.2) is 73.2 Å². The Kier molecular flexibility index (Phi) is 6.78. The van der Waals surface area contributed by atoms with Crippen LogP contribution < -0.4 is 16.0 Å². The third-order valence-electron chi connectivity index (χ3n) is 4.84. The molecule has 2 amide bonds. The molecule has 11 heteroatoms. The number of carbonyl (C=O) groups is 2. The second-order valence-electron chi connectivity index (χ2n) is 7.41. The first-order chi connectivity index (χ1) is 16.7. The minimum Gasteiger partial charge on any atom is -0.330 e. The summed E-state index contributed by atoms with van der Waals surface area (Å²) in [6.07, 6.45) is 0.174. The summed E-state index contributed by atoms with van der Waals surface area (Å²) in [7, 11) is 0. The molecule has 0 saturated carbocycles. The Morgan fingerprint density at radius 3 is 2.46 bits per heavy atom. The van der Waals surface area contributed by atoms with E-state index in [1.165, 1.54) is 30.5 Å². The molecule has 4 rings (SSSR count). The highest BCUT2D eigenvalue weighted by molar-refractivity contribution is 7.17. The van der Waals surface area contributed by atoms with Gasteiger partial charge < -0.3 is 16.0 Å². The zero-order chi connectivity index (χ0) is 25.0. The number of thiazole rings is 1. The smallest absolute Gasteiger partial charge is 0.330 e. The van der Waals surface area contributed by atoms with Crippen LogP contribution >= 0.6 is 11.3 Å². The summed E-state index contributed by atoms with van der Waals surface area (Å²) < 4.78 is 38.8. The van der Waals surface area contributed by atoms with Gasteiger partial charge in [0, 0.05) is 23.1 Å². The standard InChI is InChI=1S/C24H18F3N5O2S/c1-14-7-8-15(21(33)30-17-5-2-4-16(11-17)24(25,26)27)10-19(14)32-22(34)20-13-29-23(35-20)31-18-6-3-9-28-12-18/h2-13H,1H3,(H,29,31)(H,30,33)(H,32,34). The molecule has 0 radical (unpaired) electrons. The predicted molar refractivity (Wildman–Crippen MR) is 128 cm³/mol. The van der Waals surface area contributed by atoms with Gasteiger partial charge in [0.15, 0.2) is 5.13 Å². The summed E-state index contributed by atoms with van der Waals surface area (Å²) in [5.41, 5.74) is 1.13. The van der Waals surface area contributed by atoms with Crippen LogP contribution in [0.4, 0.5) is 35.4 Å². The number of anilines is 4. The molecule has 0 aliphatic heterocycles. The van der Waals surface area contributed by atoms with Crippen molar-refractivity contribution in [2.75, 3.05) is 16.0 Å². The van der Waals surface area contributed by atoms with Gasteiger partial charge in [-0.15, -0.1) is 0 Å². The number of nitrogens with one attached hydrogen (secondary N) is 3. The lowest BCUT2D eigenvalue weighted by Gasteiger charge is -2.12. The quantitative estimate of drug-likeness (QED) is 0.299. The molecule has 0 saturated heterocycles. The van der Waals surface area contributed by atoms with Crippen molar-refractivity contribution in [3.05, 3.63) is 94.8 Å². The lowest BCUT2D eigenvalue weighted by molar-refractivity contribution is -0.137. The summed E-state index contributed by atoms with van der Waals surface area (Å²) in [5, 5.41) is 8.78. The number of carbonyl (C=O) groups excluding carboxylic acids is 2. The molecule has 0 unspecified atom stereocenters. The number of aryl methyl sites for hydroxylation is 1. The number of hydrogen-bond acceptors (Lipinski definition) is 6. The van der Waals surface area contributed by atoms with Crippen molar-refractivity contribution in [1.82, 2.24) is 9.97 Å². The van der Waals surface area contributed by atoms with Crippen molar-refractivity contribution < 1.29 is 22.8 Å². The number of hydrogen-bond donors (Lipinski definition) is 3. The Bertz CT molecular complexity index is 1370. The normalized spacial score (nSPS) is 11.1. The van der Waals surface area contributed by atoms with Crippen molar-refractivity contribution >= 4 is 45.3 Å². The monoisotopic (exact) mass is 497 g/mol. The maximum atomic E-state index is 12.9. The molecule has 3 N–H and O–H groups in total. The number of pyridine rings is 1. The van der Waals surface area contributed by atoms with E-state index in [2.05, 4.69) is 25.9 Å². The number of halogens is 3. The Morgan fingerprint density at radius 1 is 0.914 bits per heavy atom. The molecule has 7 nitrogen and oxygen atoms in total. The van der Waals surface area contributed by atoms with Gasteiger partial charge in [0.1, 0.15) is 4.88 Å². The van der Waals surface area contributed by atoms with Gasteiger partial charge >= 0.3 is 6.18 Å². The maximum Gasteiger partial charge on any atom is 0.416 e. The van der Waals surface area contributed by atoms with Gasteiger partial charge in [-0.1, -0.05) is 23.5 Å². The highest BCUT2D eigenvalue weighted by atomic mass is 32.1. The molecule has 2 aromatic carbocycles. The summed E-state index contributed by atoms with van der Waals surface area (Å²) in [6, 6.07) is 12.6. The second kappa shape index (κ2) is 9.94. The fraction of sp³-hybridized carbons (Fsp3) is 0.0833. The molecule has 0 fully saturated rings. The van der Waals surface area contributed by atoms with Gasteiger partial charge in [-0.2, -0.15) is 13.2 Å². The Hall–Kier alpha value is -4.25. The molecule has 0 spiro atoms. The summed E-state index contributed by atoms with van der Waals surface area (Å²) >= 11 is 1.14. The van der Waals surface area contributed by atoms with Gasteiger partial charge in [-0.25, -0.2) is 4.98 Å². The van der Waals surface area contributed by atoms with Crippen LogP contribution in [0.2, 0.25) is 0 Å². The number of amides is 2. The van der Waals surface area contributed by atoms with Gasteiger partial charge in [0.05, 0.1) is 23.6 Å². The van der Waals surface area contributed by atoms with E-state index in [1.807, 2.05) is 6.07 Å². The largest absolute Gasteiger partial charge is 0.416 e. The van der Waals surface area contributed by atoms with E-state index in [-0.39, 0.29) is 11.3 Å². The van der Waals surface area contributed by atoms with Gasteiger partial charge in [-0.05, 0) is 55.0 Å². The average Bonchev–Trinajstić information content (AvgIpc) is 3.29. The molecule has 2 aromatic heterocycles. The zero-order valence-electron chi connectivity index (χ0n) is 18.2. The molecule has 0 aliphatic rings. The highest BCUT2D eigenvalue weighted by Gasteiger charge is 2.30. The number of rotatable bonds is 6. The van der Waals surface area contributed by atoms with E-state index in [0.29, 0.717) is 21.3 Å². The average molecular weight is 498 g/mol. The highest BCUT2D eigenvalue weighted by Crippen LogP contribution is 2.31. The Balaban J connectivity index is 1.46. The van der Waals surface area contributed by atoms with Gasteiger partial charge in [0.2, 0.25) is 0 Å². The van der Waals surface area contributed by atoms with Crippen LogP contribution in [0.3, 0.4) is 0 Å². The summed E-state index contributed by atoms with van der Waals surface area (Å²) in [6.45, 7) is 1.76. The fourth-order valence-corrected chi connectivity index (χ4v) is 3.79. The predicted octanol–water partition coefficient (Wildman–Crippen LogP) is 6.11. The van der Waals surface area contributed by atoms with Crippen LogP contribution in [0, 0.1) is 6.92 Å². The van der Waals surface area contributed by atoms with Crippen molar-refractivity contribution in [2.24, 2.45) is 0 Å². The molecule has 35 heavy (non-hydrogen) atoms. The van der Waals surface area contributed by atoms with Crippen LogP contribution in [0.25, 0.3) is 0 Å². The van der Waals surface area contributed by atoms with Crippen molar-refractivity contribution in [1.29, 1.82) is 0 Å². The second-order valence-corrected chi connectivity index (χ2v) is 8.44.